The van der Waals surface area contributed by atoms with Crippen LogP contribution in [0.25, 0.3) is 0 Å². The SMILES string of the molecule is COC(=O)C1(c2ccc(C(C)C)c(Cl)c2)CC1. The first-order valence-corrected chi connectivity index (χ1v) is 6.27. The van der Waals surface area contributed by atoms with Crippen LogP contribution < -0.4 is 0 Å². The fraction of sp³-hybridized carbons (Fsp3) is 0.500. The Morgan fingerprint density at radius 3 is 2.47 bits per heavy atom. The number of hydrogen-bond acceptors (Lipinski definition) is 2. The van der Waals surface area contributed by atoms with E-state index in [1.165, 1.54) is 7.11 Å². The molecule has 1 fully saturated rings. The number of rotatable bonds is 3. The Morgan fingerprint density at radius 1 is 1.41 bits per heavy atom. The lowest BCUT2D eigenvalue weighted by Crippen LogP contribution is -2.21. The number of hydrogen-bond donors (Lipinski definition) is 0. The number of carbonyl (C=O) groups excluding carboxylic acids is 1. The fourth-order valence-electron chi connectivity index (χ4n) is 2.22. The molecule has 0 aromatic heterocycles. The molecule has 0 aliphatic heterocycles. The van der Waals surface area contributed by atoms with Crippen molar-refractivity contribution < 1.29 is 9.53 Å². The van der Waals surface area contributed by atoms with E-state index in [1.54, 1.807) is 0 Å². The van der Waals surface area contributed by atoms with Crippen molar-refractivity contribution in [2.45, 2.75) is 38.0 Å². The predicted octanol–water partition coefficient (Wildman–Crippen LogP) is 3.67. The average Bonchev–Trinajstić information content (AvgIpc) is 3.08. The molecule has 17 heavy (non-hydrogen) atoms. The van der Waals surface area contributed by atoms with E-state index in [1.807, 2.05) is 18.2 Å². The Kier molecular flexibility index (Phi) is 3.17. The van der Waals surface area contributed by atoms with Gasteiger partial charge in [0.15, 0.2) is 0 Å². The zero-order valence-corrected chi connectivity index (χ0v) is 11.2. The predicted molar refractivity (Wildman–Crippen MR) is 68.5 cm³/mol. The minimum atomic E-state index is -0.423. The average molecular weight is 253 g/mol. The third kappa shape index (κ3) is 2.06. The molecule has 2 rings (SSSR count). The van der Waals surface area contributed by atoms with Gasteiger partial charge >= 0.3 is 5.97 Å². The Balaban J connectivity index is 2.36. The molecule has 0 bridgehead atoms. The van der Waals surface area contributed by atoms with Crippen LogP contribution in [0.4, 0.5) is 0 Å². The number of methoxy groups -OCH3 is 1. The normalized spacial score (nSPS) is 17.0. The molecule has 1 aromatic rings. The van der Waals surface area contributed by atoms with Crippen LogP contribution in [0.15, 0.2) is 18.2 Å². The van der Waals surface area contributed by atoms with E-state index in [2.05, 4.69) is 13.8 Å². The maximum Gasteiger partial charge on any atom is 0.316 e. The Morgan fingerprint density at radius 2 is 2.06 bits per heavy atom. The summed E-state index contributed by atoms with van der Waals surface area (Å²) in [5.41, 5.74) is 1.68. The second-order valence-corrected chi connectivity index (χ2v) is 5.37. The summed E-state index contributed by atoms with van der Waals surface area (Å²) < 4.78 is 4.87. The zero-order valence-electron chi connectivity index (χ0n) is 10.4. The van der Waals surface area contributed by atoms with Gasteiger partial charge in [-0.1, -0.05) is 37.6 Å². The summed E-state index contributed by atoms with van der Waals surface area (Å²) in [6.07, 6.45) is 1.72. The second-order valence-electron chi connectivity index (χ2n) is 4.96. The van der Waals surface area contributed by atoms with Gasteiger partial charge in [-0.25, -0.2) is 0 Å². The van der Waals surface area contributed by atoms with E-state index in [-0.39, 0.29) is 5.97 Å². The lowest BCUT2D eigenvalue weighted by molar-refractivity contribution is -0.143. The van der Waals surface area contributed by atoms with Gasteiger partial charge in [0.2, 0.25) is 0 Å². The van der Waals surface area contributed by atoms with Gasteiger partial charge in [-0.05, 0) is 36.0 Å². The highest BCUT2D eigenvalue weighted by atomic mass is 35.5. The van der Waals surface area contributed by atoms with Gasteiger partial charge in [0.05, 0.1) is 12.5 Å². The Hall–Kier alpha value is -1.02. The molecular weight excluding hydrogens is 236 g/mol. The van der Waals surface area contributed by atoms with Crippen molar-refractivity contribution in [1.29, 1.82) is 0 Å². The molecule has 1 aromatic carbocycles. The number of benzene rings is 1. The summed E-state index contributed by atoms with van der Waals surface area (Å²) in [5, 5.41) is 0.743. The summed E-state index contributed by atoms with van der Waals surface area (Å²) in [7, 11) is 1.44. The first-order chi connectivity index (χ1) is 8.01. The molecule has 1 saturated carbocycles. The molecular formula is C14H17ClO2. The highest BCUT2D eigenvalue weighted by molar-refractivity contribution is 6.31. The lowest BCUT2D eigenvalue weighted by atomic mass is 9.93. The maximum atomic E-state index is 11.8. The monoisotopic (exact) mass is 252 g/mol. The molecule has 0 atom stereocenters. The second kappa shape index (κ2) is 4.34. The molecule has 1 aliphatic carbocycles. The topological polar surface area (TPSA) is 26.3 Å². The van der Waals surface area contributed by atoms with Crippen molar-refractivity contribution in [2.24, 2.45) is 0 Å². The highest BCUT2D eigenvalue weighted by Crippen LogP contribution is 2.50. The van der Waals surface area contributed by atoms with Crippen molar-refractivity contribution in [3.05, 3.63) is 34.3 Å². The molecule has 1 aliphatic rings. The summed E-state index contributed by atoms with van der Waals surface area (Å²) in [5.74, 6) is 0.246. The molecule has 0 unspecified atom stereocenters. The van der Waals surface area contributed by atoms with Crippen LogP contribution >= 0.6 is 11.6 Å². The summed E-state index contributed by atoms with van der Waals surface area (Å²) in [6.45, 7) is 4.21. The highest BCUT2D eigenvalue weighted by Gasteiger charge is 2.52. The van der Waals surface area contributed by atoms with Crippen LogP contribution in [-0.2, 0) is 14.9 Å². The zero-order chi connectivity index (χ0) is 12.6. The van der Waals surface area contributed by atoms with Crippen LogP contribution in [0.2, 0.25) is 5.02 Å². The van der Waals surface area contributed by atoms with E-state index < -0.39 is 5.41 Å². The summed E-state index contributed by atoms with van der Waals surface area (Å²) in [6, 6.07) is 5.94. The molecule has 0 radical (unpaired) electrons. The standard InChI is InChI=1S/C14H17ClO2/c1-9(2)11-5-4-10(8-12(11)15)14(6-7-14)13(16)17-3/h4-5,8-9H,6-7H2,1-3H3. The van der Waals surface area contributed by atoms with Gasteiger partial charge in [0.1, 0.15) is 0 Å². The van der Waals surface area contributed by atoms with E-state index >= 15 is 0 Å². The van der Waals surface area contributed by atoms with Gasteiger partial charge in [0.25, 0.3) is 0 Å². The van der Waals surface area contributed by atoms with Crippen molar-refractivity contribution >= 4 is 17.6 Å². The van der Waals surface area contributed by atoms with E-state index in [0.717, 1.165) is 29.0 Å². The molecule has 92 valence electrons. The smallest absolute Gasteiger partial charge is 0.316 e. The van der Waals surface area contributed by atoms with Crippen molar-refractivity contribution in [3.63, 3.8) is 0 Å². The third-order valence-corrected chi connectivity index (χ3v) is 3.83. The third-order valence-electron chi connectivity index (χ3n) is 3.50. The van der Waals surface area contributed by atoms with Gasteiger partial charge < -0.3 is 4.74 Å². The first kappa shape index (κ1) is 12.4. The quantitative estimate of drug-likeness (QED) is 0.768. The molecule has 3 heteroatoms. The van der Waals surface area contributed by atoms with Crippen molar-refractivity contribution in [2.75, 3.05) is 7.11 Å². The largest absolute Gasteiger partial charge is 0.468 e. The minimum Gasteiger partial charge on any atom is -0.468 e. The van der Waals surface area contributed by atoms with Crippen LogP contribution in [0.1, 0.15) is 43.7 Å². The van der Waals surface area contributed by atoms with E-state index in [9.17, 15) is 4.79 Å². The lowest BCUT2D eigenvalue weighted by Gasteiger charge is -2.15. The number of ether oxygens (including phenoxy) is 1. The summed E-state index contributed by atoms with van der Waals surface area (Å²) in [4.78, 5) is 11.8. The van der Waals surface area contributed by atoms with Gasteiger partial charge in [-0.2, -0.15) is 0 Å². The number of esters is 1. The fourth-order valence-corrected chi connectivity index (χ4v) is 2.62. The van der Waals surface area contributed by atoms with Crippen LogP contribution in [-0.4, -0.2) is 13.1 Å². The van der Waals surface area contributed by atoms with Crippen molar-refractivity contribution in [1.82, 2.24) is 0 Å². The summed E-state index contributed by atoms with van der Waals surface area (Å²) >= 11 is 6.25. The number of halogens is 1. The molecule has 0 amide bonds. The Labute approximate surface area is 107 Å². The van der Waals surface area contributed by atoms with E-state index in [0.29, 0.717) is 5.92 Å². The van der Waals surface area contributed by atoms with Gasteiger partial charge in [-0.15, -0.1) is 0 Å². The van der Waals surface area contributed by atoms with E-state index in [4.69, 9.17) is 16.3 Å². The Bertz CT molecular complexity index is 448. The van der Waals surface area contributed by atoms with Crippen molar-refractivity contribution in [3.8, 4) is 0 Å². The van der Waals surface area contributed by atoms with Crippen LogP contribution in [0.5, 0.6) is 0 Å². The van der Waals surface area contributed by atoms with Gasteiger partial charge in [-0.3, -0.25) is 4.79 Å². The maximum absolute atomic E-state index is 11.8. The first-order valence-electron chi connectivity index (χ1n) is 5.89. The molecule has 0 spiro atoms. The molecule has 0 heterocycles. The molecule has 2 nitrogen and oxygen atoms in total. The minimum absolute atomic E-state index is 0.147. The molecule has 0 saturated heterocycles. The van der Waals surface area contributed by atoms with Crippen LogP contribution in [0.3, 0.4) is 0 Å². The van der Waals surface area contributed by atoms with Gasteiger partial charge in [0, 0.05) is 5.02 Å². The molecule has 0 N–H and O–H groups in total. The number of carbonyl (C=O) groups is 1. The van der Waals surface area contributed by atoms with Crippen LogP contribution in [0, 0.1) is 0 Å².